The van der Waals surface area contributed by atoms with Crippen LogP contribution < -0.4 is 11.1 Å². The number of rotatable bonds is 5. The minimum absolute atomic E-state index is 0.638. The smallest absolute Gasteiger partial charge is 0.0635 e. The highest BCUT2D eigenvalue weighted by molar-refractivity contribution is 6.33. The Kier molecular flexibility index (Phi) is 3.72. The fourth-order valence-electron chi connectivity index (χ4n) is 2.14. The minimum Gasteiger partial charge on any atom is -0.398 e. The van der Waals surface area contributed by atoms with Crippen molar-refractivity contribution < 1.29 is 0 Å². The lowest BCUT2D eigenvalue weighted by Gasteiger charge is -2.06. The first kappa shape index (κ1) is 11.7. The molecule has 1 aromatic rings. The summed E-state index contributed by atoms with van der Waals surface area (Å²) in [6, 6.07) is 6.57. The van der Waals surface area contributed by atoms with Crippen molar-refractivity contribution in [3.05, 3.63) is 28.8 Å². The normalized spacial score (nSPS) is 23.4. The Morgan fingerprint density at radius 1 is 1.50 bits per heavy atom. The van der Waals surface area contributed by atoms with Crippen LogP contribution in [0.1, 0.15) is 31.7 Å². The molecule has 1 aliphatic rings. The molecule has 3 N–H and O–H groups in total. The molecule has 0 amide bonds. The van der Waals surface area contributed by atoms with Gasteiger partial charge in [-0.25, -0.2) is 0 Å². The van der Waals surface area contributed by atoms with Gasteiger partial charge in [0.1, 0.15) is 0 Å². The molecule has 1 aromatic carbocycles. The molecule has 0 radical (unpaired) electrons. The van der Waals surface area contributed by atoms with E-state index in [1.807, 2.05) is 18.2 Å². The van der Waals surface area contributed by atoms with Gasteiger partial charge in [0.25, 0.3) is 0 Å². The van der Waals surface area contributed by atoms with E-state index in [-0.39, 0.29) is 0 Å². The minimum atomic E-state index is 0.638. The van der Waals surface area contributed by atoms with Gasteiger partial charge < -0.3 is 11.1 Å². The number of hydrogen-bond donors (Lipinski definition) is 2. The van der Waals surface area contributed by atoms with Gasteiger partial charge in [0.15, 0.2) is 0 Å². The summed E-state index contributed by atoms with van der Waals surface area (Å²) in [5, 5.41) is 4.19. The van der Waals surface area contributed by atoms with Crippen LogP contribution in [0.3, 0.4) is 0 Å². The van der Waals surface area contributed by atoms with Gasteiger partial charge in [-0.1, -0.05) is 31.0 Å². The molecule has 1 saturated carbocycles. The van der Waals surface area contributed by atoms with Crippen LogP contribution in [0.4, 0.5) is 5.69 Å². The summed E-state index contributed by atoms with van der Waals surface area (Å²) in [6.07, 6.45) is 3.97. The van der Waals surface area contributed by atoms with Crippen LogP contribution in [0, 0.1) is 5.92 Å². The Morgan fingerprint density at radius 2 is 2.31 bits per heavy atom. The zero-order valence-electron chi connectivity index (χ0n) is 9.67. The van der Waals surface area contributed by atoms with E-state index in [2.05, 4.69) is 12.2 Å². The average Bonchev–Trinajstić information content (AvgIpc) is 2.99. The maximum absolute atomic E-state index is 5.87. The SMILES string of the molecule is CCCC1CC1NCc1ccc(Cl)c(N)c1. The number of nitrogens with two attached hydrogens (primary N) is 1. The monoisotopic (exact) mass is 238 g/mol. The quantitative estimate of drug-likeness (QED) is 0.774. The molecule has 0 aliphatic heterocycles. The van der Waals surface area contributed by atoms with Gasteiger partial charge in [0.05, 0.1) is 10.7 Å². The molecule has 2 nitrogen and oxygen atoms in total. The highest BCUT2D eigenvalue weighted by atomic mass is 35.5. The maximum Gasteiger partial charge on any atom is 0.0635 e. The van der Waals surface area contributed by atoms with Crippen LogP contribution in [0.25, 0.3) is 0 Å². The Balaban J connectivity index is 1.80. The van der Waals surface area contributed by atoms with E-state index in [0.717, 1.165) is 18.5 Å². The van der Waals surface area contributed by atoms with E-state index in [9.17, 15) is 0 Å². The van der Waals surface area contributed by atoms with Gasteiger partial charge in [0.2, 0.25) is 0 Å². The second-order valence-electron chi connectivity index (χ2n) is 4.63. The van der Waals surface area contributed by atoms with Gasteiger partial charge in [-0.15, -0.1) is 0 Å². The summed E-state index contributed by atoms with van der Waals surface area (Å²) in [7, 11) is 0. The van der Waals surface area contributed by atoms with E-state index in [1.54, 1.807) is 0 Å². The van der Waals surface area contributed by atoms with Crippen LogP contribution in [-0.2, 0) is 6.54 Å². The Morgan fingerprint density at radius 3 is 3.00 bits per heavy atom. The summed E-state index contributed by atoms with van der Waals surface area (Å²) in [4.78, 5) is 0. The Labute approximate surface area is 102 Å². The zero-order chi connectivity index (χ0) is 11.5. The summed E-state index contributed by atoms with van der Waals surface area (Å²) >= 11 is 5.87. The molecule has 2 unspecified atom stereocenters. The number of halogens is 1. The zero-order valence-corrected chi connectivity index (χ0v) is 10.4. The predicted octanol–water partition coefficient (Wildman–Crippen LogP) is 3.20. The van der Waals surface area contributed by atoms with E-state index >= 15 is 0 Å². The van der Waals surface area contributed by atoms with Gasteiger partial charge in [-0.05, 0) is 36.5 Å². The van der Waals surface area contributed by atoms with Crippen molar-refractivity contribution in [2.24, 2.45) is 5.92 Å². The van der Waals surface area contributed by atoms with Crippen molar-refractivity contribution in [2.75, 3.05) is 5.73 Å². The largest absolute Gasteiger partial charge is 0.398 e. The molecular formula is C13H19ClN2. The number of nitrogens with one attached hydrogen (secondary N) is 1. The topological polar surface area (TPSA) is 38.0 Å². The van der Waals surface area contributed by atoms with E-state index in [4.69, 9.17) is 17.3 Å². The van der Waals surface area contributed by atoms with Crippen LogP contribution >= 0.6 is 11.6 Å². The van der Waals surface area contributed by atoms with Crippen molar-refractivity contribution >= 4 is 17.3 Å². The first-order valence-electron chi connectivity index (χ1n) is 5.98. The molecule has 1 aliphatic carbocycles. The van der Waals surface area contributed by atoms with Gasteiger partial charge >= 0.3 is 0 Å². The molecule has 0 saturated heterocycles. The molecule has 0 heterocycles. The van der Waals surface area contributed by atoms with E-state index in [1.165, 1.54) is 24.8 Å². The molecule has 0 aromatic heterocycles. The third-order valence-electron chi connectivity index (χ3n) is 3.21. The van der Waals surface area contributed by atoms with Crippen molar-refractivity contribution in [2.45, 2.75) is 38.8 Å². The predicted molar refractivity (Wildman–Crippen MR) is 69.5 cm³/mol. The summed E-state index contributed by atoms with van der Waals surface area (Å²) < 4.78 is 0. The maximum atomic E-state index is 5.87. The third-order valence-corrected chi connectivity index (χ3v) is 3.56. The molecule has 2 rings (SSSR count). The lowest BCUT2D eigenvalue weighted by atomic mass is 10.2. The fraction of sp³-hybridized carbons (Fsp3) is 0.538. The lowest BCUT2D eigenvalue weighted by Crippen LogP contribution is -2.17. The first-order chi connectivity index (χ1) is 7.70. The fourth-order valence-corrected chi connectivity index (χ4v) is 2.26. The van der Waals surface area contributed by atoms with Crippen molar-refractivity contribution in [1.82, 2.24) is 5.32 Å². The number of benzene rings is 1. The number of anilines is 1. The van der Waals surface area contributed by atoms with Gasteiger partial charge in [-0.2, -0.15) is 0 Å². The summed E-state index contributed by atoms with van der Waals surface area (Å²) in [5.74, 6) is 0.898. The number of hydrogen-bond acceptors (Lipinski definition) is 2. The van der Waals surface area contributed by atoms with E-state index < -0.39 is 0 Å². The highest BCUT2D eigenvalue weighted by Gasteiger charge is 2.35. The number of nitrogen functional groups attached to an aromatic ring is 1. The standard InChI is InChI=1S/C13H19ClN2/c1-2-3-10-7-13(10)16-8-9-4-5-11(14)12(15)6-9/h4-6,10,13,16H,2-3,7-8,15H2,1H3. The summed E-state index contributed by atoms with van der Waals surface area (Å²) in [5.41, 5.74) is 7.64. The first-order valence-corrected chi connectivity index (χ1v) is 6.35. The van der Waals surface area contributed by atoms with Gasteiger partial charge in [0, 0.05) is 12.6 Å². The second-order valence-corrected chi connectivity index (χ2v) is 5.03. The molecular weight excluding hydrogens is 220 g/mol. The van der Waals surface area contributed by atoms with E-state index in [0.29, 0.717) is 10.7 Å². The Hall–Kier alpha value is -0.730. The second kappa shape index (κ2) is 5.07. The van der Waals surface area contributed by atoms with Crippen LogP contribution in [0.2, 0.25) is 5.02 Å². The van der Waals surface area contributed by atoms with Crippen LogP contribution in [0.15, 0.2) is 18.2 Å². The third kappa shape index (κ3) is 2.89. The lowest BCUT2D eigenvalue weighted by molar-refractivity contribution is 0.599. The molecule has 88 valence electrons. The van der Waals surface area contributed by atoms with Crippen molar-refractivity contribution in [1.29, 1.82) is 0 Å². The molecule has 1 fully saturated rings. The molecule has 0 bridgehead atoms. The molecule has 16 heavy (non-hydrogen) atoms. The van der Waals surface area contributed by atoms with Crippen LogP contribution in [0.5, 0.6) is 0 Å². The summed E-state index contributed by atoms with van der Waals surface area (Å²) in [6.45, 7) is 3.14. The van der Waals surface area contributed by atoms with Crippen molar-refractivity contribution in [3.8, 4) is 0 Å². The van der Waals surface area contributed by atoms with Gasteiger partial charge in [-0.3, -0.25) is 0 Å². The molecule has 0 spiro atoms. The molecule has 2 atom stereocenters. The van der Waals surface area contributed by atoms with Crippen LogP contribution in [-0.4, -0.2) is 6.04 Å². The highest BCUT2D eigenvalue weighted by Crippen LogP contribution is 2.34. The average molecular weight is 239 g/mol. The van der Waals surface area contributed by atoms with Crippen molar-refractivity contribution in [3.63, 3.8) is 0 Å². The Bertz CT molecular complexity index is 365. The molecule has 3 heteroatoms.